The minimum absolute atomic E-state index is 0.0506. The second-order valence-corrected chi connectivity index (χ2v) is 5.08. The predicted molar refractivity (Wildman–Crippen MR) is 77.6 cm³/mol. The molecular weight excluding hydrogens is 256 g/mol. The molecule has 0 radical (unpaired) electrons. The molecule has 110 valence electrons. The van der Waals surface area contributed by atoms with Gasteiger partial charge in [-0.05, 0) is 32.8 Å². The average molecular weight is 278 g/mol. The first-order valence-electron chi connectivity index (χ1n) is 6.74. The number of rotatable bonds is 6. The van der Waals surface area contributed by atoms with Crippen molar-refractivity contribution in [1.29, 1.82) is 0 Å². The lowest BCUT2D eigenvalue weighted by Crippen LogP contribution is -2.41. The molecule has 2 atom stereocenters. The van der Waals surface area contributed by atoms with E-state index in [9.17, 15) is 9.59 Å². The number of carboxylic acids is 1. The highest BCUT2D eigenvalue weighted by atomic mass is 16.4. The Morgan fingerprint density at radius 2 is 1.75 bits per heavy atom. The first-order chi connectivity index (χ1) is 9.38. The first-order valence-corrected chi connectivity index (χ1v) is 6.74. The standard InChI is InChI=1S/C15H22N2O3/c1-10-4-7-13(8-5-10)12(3)17-15(20)16-11(2)6-9-14(18)19/h4-5,7-8,11-12H,6,9H2,1-3H3,(H,18,19)(H2,16,17,20). The van der Waals surface area contributed by atoms with Gasteiger partial charge in [0.2, 0.25) is 0 Å². The minimum Gasteiger partial charge on any atom is -0.481 e. The van der Waals surface area contributed by atoms with E-state index in [1.807, 2.05) is 38.1 Å². The summed E-state index contributed by atoms with van der Waals surface area (Å²) in [6, 6.07) is 7.42. The van der Waals surface area contributed by atoms with Gasteiger partial charge >= 0.3 is 12.0 Å². The number of carboxylic acid groups (broad SMARTS) is 1. The fraction of sp³-hybridized carbons (Fsp3) is 0.467. The van der Waals surface area contributed by atoms with Gasteiger partial charge in [-0.15, -0.1) is 0 Å². The molecule has 0 aromatic heterocycles. The summed E-state index contributed by atoms with van der Waals surface area (Å²) in [5.74, 6) is -0.855. The molecule has 1 rings (SSSR count). The molecule has 0 saturated carbocycles. The Bertz CT molecular complexity index is 457. The molecule has 0 aliphatic rings. The van der Waals surface area contributed by atoms with Crippen molar-refractivity contribution in [3.8, 4) is 0 Å². The van der Waals surface area contributed by atoms with Gasteiger partial charge in [-0.25, -0.2) is 4.79 Å². The number of hydrogen-bond acceptors (Lipinski definition) is 2. The van der Waals surface area contributed by atoms with E-state index in [0.717, 1.165) is 5.56 Å². The topological polar surface area (TPSA) is 78.4 Å². The SMILES string of the molecule is Cc1ccc(C(C)NC(=O)NC(C)CCC(=O)O)cc1. The van der Waals surface area contributed by atoms with Gasteiger partial charge in [0.25, 0.3) is 0 Å². The monoisotopic (exact) mass is 278 g/mol. The van der Waals surface area contributed by atoms with Gasteiger partial charge in [0.05, 0.1) is 6.04 Å². The van der Waals surface area contributed by atoms with Gasteiger partial charge in [-0.2, -0.15) is 0 Å². The number of amides is 2. The van der Waals surface area contributed by atoms with Crippen molar-refractivity contribution in [3.63, 3.8) is 0 Å². The van der Waals surface area contributed by atoms with Crippen molar-refractivity contribution >= 4 is 12.0 Å². The first kappa shape index (κ1) is 16.0. The molecule has 0 saturated heterocycles. The fourth-order valence-electron chi connectivity index (χ4n) is 1.81. The highest BCUT2D eigenvalue weighted by Crippen LogP contribution is 2.12. The highest BCUT2D eigenvalue weighted by Gasteiger charge is 2.12. The van der Waals surface area contributed by atoms with E-state index >= 15 is 0 Å². The zero-order valence-electron chi connectivity index (χ0n) is 12.1. The number of nitrogens with one attached hydrogen (secondary N) is 2. The number of aliphatic carboxylic acids is 1. The number of carbonyl (C=O) groups is 2. The van der Waals surface area contributed by atoms with Crippen molar-refractivity contribution < 1.29 is 14.7 Å². The van der Waals surface area contributed by atoms with Crippen molar-refractivity contribution in [1.82, 2.24) is 10.6 Å². The van der Waals surface area contributed by atoms with Gasteiger partial charge in [0.15, 0.2) is 0 Å². The van der Waals surface area contributed by atoms with Gasteiger partial charge in [-0.3, -0.25) is 4.79 Å². The number of hydrogen-bond donors (Lipinski definition) is 3. The Labute approximate surface area is 119 Å². The maximum Gasteiger partial charge on any atom is 0.315 e. The Kier molecular flexibility index (Phi) is 6.03. The lowest BCUT2D eigenvalue weighted by Gasteiger charge is -2.18. The van der Waals surface area contributed by atoms with Crippen LogP contribution in [0.3, 0.4) is 0 Å². The Morgan fingerprint density at radius 3 is 2.30 bits per heavy atom. The number of aryl methyl sites for hydroxylation is 1. The summed E-state index contributed by atoms with van der Waals surface area (Å²) < 4.78 is 0. The van der Waals surface area contributed by atoms with Gasteiger partial charge in [0, 0.05) is 12.5 Å². The minimum atomic E-state index is -0.855. The van der Waals surface area contributed by atoms with E-state index in [1.54, 1.807) is 6.92 Å². The molecule has 2 amide bonds. The Balaban J connectivity index is 2.41. The van der Waals surface area contributed by atoms with E-state index in [4.69, 9.17) is 5.11 Å². The van der Waals surface area contributed by atoms with E-state index in [-0.39, 0.29) is 24.5 Å². The molecule has 20 heavy (non-hydrogen) atoms. The molecule has 2 unspecified atom stereocenters. The molecule has 0 heterocycles. The molecule has 0 spiro atoms. The normalized spacial score (nSPS) is 13.3. The van der Waals surface area contributed by atoms with Crippen LogP contribution in [-0.4, -0.2) is 23.1 Å². The van der Waals surface area contributed by atoms with Crippen molar-refractivity contribution in [2.24, 2.45) is 0 Å². The van der Waals surface area contributed by atoms with Crippen LogP contribution in [0.5, 0.6) is 0 Å². The van der Waals surface area contributed by atoms with E-state index in [0.29, 0.717) is 6.42 Å². The molecule has 0 bridgehead atoms. The zero-order valence-corrected chi connectivity index (χ0v) is 12.1. The second kappa shape index (κ2) is 7.53. The average Bonchev–Trinajstić information content (AvgIpc) is 2.36. The quantitative estimate of drug-likeness (QED) is 0.748. The van der Waals surface area contributed by atoms with Crippen molar-refractivity contribution in [2.45, 2.75) is 45.7 Å². The van der Waals surface area contributed by atoms with Gasteiger partial charge in [-0.1, -0.05) is 29.8 Å². The predicted octanol–water partition coefficient (Wildman–Crippen LogP) is 2.61. The van der Waals surface area contributed by atoms with Crippen LogP contribution in [0.15, 0.2) is 24.3 Å². The third-order valence-corrected chi connectivity index (χ3v) is 3.09. The molecule has 0 fully saturated rings. The molecule has 1 aromatic carbocycles. The third-order valence-electron chi connectivity index (χ3n) is 3.09. The lowest BCUT2D eigenvalue weighted by molar-refractivity contribution is -0.137. The Hall–Kier alpha value is -2.04. The summed E-state index contributed by atoms with van der Waals surface area (Å²) in [4.78, 5) is 22.2. The molecule has 0 aliphatic carbocycles. The lowest BCUT2D eigenvalue weighted by atomic mass is 10.1. The van der Waals surface area contributed by atoms with E-state index < -0.39 is 5.97 Å². The fourth-order valence-corrected chi connectivity index (χ4v) is 1.81. The van der Waals surface area contributed by atoms with Crippen LogP contribution in [0, 0.1) is 6.92 Å². The summed E-state index contributed by atoms with van der Waals surface area (Å²) >= 11 is 0. The van der Waals surface area contributed by atoms with E-state index in [1.165, 1.54) is 5.56 Å². The third kappa shape index (κ3) is 5.73. The number of benzene rings is 1. The Morgan fingerprint density at radius 1 is 1.15 bits per heavy atom. The van der Waals surface area contributed by atoms with Gasteiger partial charge in [0.1, 0.15) is 0 Å². The molecule has 1 aromatic rings. The van der Waals surface area contributed by atoms with Crippen LogP contribution in [0.4, 0.5) is 4.79 Å². The molecule has 5 heteroatoms. The van der Waals surface area contributed by atoms with Gasteiger partial charge < -0.3 is 15.7 Å². The van der Waals surface area contributed by atoms with Crippen LogP contribution in [-0.2, 0) is 4.79 Å². The molecular formula is C15H22N2O3. The van der Waals surface area contributed by atoms with E-state index in [2.05, 4.69) is 10.6 Å². The van der Waals surface area contributed by atoms with Crippen molar-refractivity contribution in [2.75, 3.05) is 0 Å². The zero-order chi connectivity index (χ0) is 15.1. The maximum atomic E-state index is 11.8. The maximum absolute atomic E-state index is 11.8. The summed E-state index contributed by atoms with van der Waals surface area (Å²) in [6.45, 7) is 5.71. The summed E-state index contributed by atoms with van der Waals surface area (Å²) in [5, 5.41) is 14.2. The van der Waals surface area contributed by atoms with Crippen LogP contribution in [0.25, 0.3) is 0 Å². The molecule has 0 aliphatic heterocycles. The number of carbonyl (C=O) groups excluding carboxylic acids is 1. The second-order valence-electron chi connectivity index (χ2n) is 5.08. The van der Waals surface area contributed by atoms with Crippen LogP contribution in [0.1, 0.15) is 43.9 Å². The van der Waals surface area contributed by atoms with Crippen LogP contribution >= 0.6 is 0 Å². The highest BCUT2D eigenvalue weighted by molar-refractivity contribution is 5.74. The van der Waals surface area contributed by atoms with Crippen molar-refractivity contribution in [3.05, 3.63) is 35.4 Å². The summed E-state index contributed by atoms with van der Waals surface area (Å²) in [5.41, 5.74) is 2.21. The smallest absolute Gasteiger partial charge is 0.315 e. The summed E-state index contributed by atoms with van der Waals surface area (Å²) in [6.07, 6.45) is 0.469. The largest absolute Gasteiger partial charge is 0.481 e. The number of urea groups is 1. The van der Waals surface area contributed by atoms with Crippen LogP contribution < -0.4 is 10.6 Å². The molecule has 3 N–H and O–H groups in total. The van der Waals surface area contributed by atoms with Crippen LogP contribution in [0.2, 0.25) is 0 Å². The molecule has 5 nitrogen and oxygen atoms in total. The summed E-state index contributed by atoms with van der Waals surface area (Å²) in [7, 11) is 0.